The number of aliphatic hydroxyl groups excluding tert-OH is 1. The highest BCUT2D eigenvalue weighted by Gasteiger charge is 2.40. The molecule has 1 aromatic rings. The molecule has 0 aromatic heterocycles. The Kier molecular flexibility index (Phi) is 2.31. The predicted octanol–water partition coefficient (Wildman–Crippen LogP) is 1.83. The minimum atomic E-state index is -0.882. The standard InChI is InChI=1S/C11H14O3/c1-11(2)13-9(10(12)14-11)8-6-4-3-5-7-8/h3-7,9-10,12H,1-2H3. The maximum Gasteiger partial charge on any atom is 0.188 e. The van der Waals surface area contributed by atoms with Crippen LogP contribution in [-0.2, 0) is 9.47 Å². The number of ether oxygens (including phenoxy) is 2. The lowest BCUT2D eigenvalue weighted by Crippen LogP contribution is -2.21. The molecule has 0 spiro atoms. The van der Waals surface area contributed by atoms with Crippen LogP contribution in [0, 0.1) is 0 Å². The topological polar surface area (TPSA) is 38.7 Å². The summed E-state index contributed by atoms with van der Waals surface area (Å²) in [6.07, 6.45) is -1.27. The van der Waals surface area contributed by atoms with E-state index >= 15 is 0 Å². The molecule has 1 aliphatic rings. The van der Waals surface area contributed by atoms with Gasteiger partial charge in [0.1, 0.15) is 6.10 Å². The van der Waals surface area contributed by atoms with Gasteiger partial charge >= 0.3 is 0 Å². The molecule has 2 atom stereocenters. The fourth-order valence-electron chi connectivity index (χ4n) is 1.62. The smallest absolute Gasteiger partial charge is 0.188 e. The Balaban J connectivity index is 2.21. The zero-order valence-corrected chi connectivity index (χ0v) is 8.31. The van der Waals surface area contributed by atoms with Crippen LogP contribution in [0.1, 0.15) is 25.5 Å². The van der Waals surface area contributed by atoms with Crippen molar-refractivity contribution in [1.29, 1.82) is 0 Å². The first-order valence-electron chi connectivity index (χ1n) is 4.67. The molecule has 2 rings (SSSR count). The Labute approximate surface area is 83.3 Å². The maximum absolute atomic E-state index is 9.63. The van der Waals surface area contributed by atoms with Crippen LogP contribution < -0.4 is 0 Å². The fraction of sp³-hybridized carbons (Fsp3) is 0.455. The lowest BCUT2D eigenvalue weighted by atomic mass is 10.1. The highest BCUT2D eigenvalue weighted by molar-refractivity contribution is 5.18. The van der Waals surface area contributed by atoms with E-state index in [0.29, 0.717) is 0 Å². The molecule has 0 radical (unpaired) electrons. The van der Waals surface area contributed by atoms with Gasteiger partial charge < -0.3 is 14.6 Å². The van der Waals surface area contributed by atoms with Gasteiger partial charge in [0, 0.05) is 0 Å². The fourth-order valence-corrected chi connectivity index (χ4v) is 1.62. The second-order valence-corrected chi connectivity index (χ2v) is 3.86. The van der Waals surface area contributed by atoms with Gasteiger partial charge in [-0.3, -0.25) is 0 Å². The molecule has 14 heavy (non-hydrogen) atoms. The Bertz CT molecular complexity index is 308. The molecule has 2 unspecified atom stereocenters. The van der Waals surface area contributed by atoms with Crippen molar-refractivity contribution in [3.63, 3.8) is 0 Å². The zero-order valence-electron chi connectivity index (χ0n) is 8.31. The molecule has 0 saturated carbocycles. The maximum atomic E-state index is 9.63. The van der Waals surface area contributed by atoms with Gasteiger partial charge in [0.05, 0.1) is 0 Å². The van der Waals surface area contributed by atoms with E-state index in [-0.39, 0.29) is 6.10 Å². The first-order chi connectivity index (χ1) is 6.58. The highest BCUT2D eigenvalue weighted by Crippen LogP contribution is 2.36. The summed E-state index contributed by atoms with van der Waals surface area (Å²) in [5.41, 5.74) is 0.936. The van der Waals surface area contributed by atoms with Crippen molar-refractivity contribution in [3.8, 4) is 0 Å². The molecule has 76 valence electrons. The van der Waals surface area contributed by atoms with Gasteiger partial charge in [-0.1, -0.05) is 30.3 Å². The van der Waals surface area contributed by atoms with E-state index in [1.54, 1.807) is 13.8 Å². The number of hydrogen-bond acceptors (Lipinski definition) is 3. The first-order valence-corrected chi connectivity index (χ1v) is 4.67. The van der Waals surface area contributed by atoms with Crippen LogP contribution in [0.4, 0.5) is 0 Å². The Hall–Kier alpha value is -0.900. The quantitative estimate of drug-likeness (QED) is 0.741. The van der Waals surface area contributed by atoms with E-state index < -0.39 is 12.1 Å². The van der Waals surface area contributed by atoms with Gasteiger partial charge in [-0.15, -0.1) is 0 Å². The normalized spacial score (nSPS) is 30.5. The van der Waals surface area contributed by atoms with Crippen LogP contribution in [0.15, 0.2) is 30.3 Å². The summed E-state index contributed by atoms with van der Waals surface area (Å²) in [6, 6.07) is 9.58. The predicted molar refractivity (Wildman–Crippen MR) is 51.4 cm³/mol. The Morgan fingerprint density at radius 3 is 2.29 bits per heavy atom. The van der Waals surface area contributed by atoms with Gasteiger partial charge in [-0.05, 0) is 19.4 Å². The molecule has 1 heterocycles. The van der Waals surface area contributed by atoms with E-state index in [1.807, 2.05) is 30.3 Å². The van der Waals surface area contributed by atoms with E-state index in [1.165, 1.54) is 0 Å². The molecular formula is C11H14O3. The third-order valence-electron chi connectivity index (χ3n) is 2.20. The molecule has 1 fully saturated rings. The molecule has 0 bridgehead atoms. The van der Waals surface area contributed by atoms with Crippen LogP contribution in [0.2, 0.25) is 0 Å². The second kappa shape index (κ2) is 3.35. The van der Waals surface area contributed by atoms with Gasteiger partial charge in [0.2, 0.25) is 0 Å². The van der Waals surface area contributed by atoms with Crippen LogP contribution >= 0.6 is 0 Å². The lowest BCUT2D eigenvalue weighted by Gasteiger charge is -2.16. The molecule has 1 saturated heterocycles. The SMILES string of the molecule is CC1(C)OC(O)C(c2ccccc2)O1. The van der Waals surface area contributed by atoms with Crippen molar-refractivity contribution in [2.75, 3.05) is 0 Å². The van der Waals surface area contributed by atoms with Crippen LogP contribution in [0.5, 0.6) is 0 Å². The first kappa shape index (κ1) is 9.65. The second-order valence-electron chi connectivity index (χ2n) is 3.86. The Morgan fingerprint density at radius 1 is 1.14 bits per heavy atom. The largest absolute Gasteiger partial charge is 0.365 e. The highest BCUT2D eigenvalue weighted by atomic mass is 16.8. The van der Waals surface area contributed by atoms with Crippen molar-refractivity contribution in [2.45, 2.75) is 32.0 Å². The monoisotopic (exact) mass is 194 g/mol. The van der Waals surface area contributed by atoms with Gasteiger partial charge in [-0.2, -0.15) is 0 Å². The summed E-state index contributed by atoms with van der Waals surface area (Å²) in [5.74, 6) is -0.708. The van der Waals surface area contributed by atoms with Crippen molar-refractivity contribution in [2.24, 2.45) is 0 Å². The molecule has 3 nitrogen and oxygen atoms in total. The lowest BCUT2D eigenvalue weighted by molar-refractivity contribution is -0.174. The molecule has 1 aromatic carbocycles. The Morgan fingerprint density at radius 2 is 1.79 bits per heavy atom. The molecule has 3 heteroatoms. The molecule has 0 aliphatic carbocycles. The van der Waals surface area contributed by atoms with E-state index in [2.05, 4.69) is 0 Å². The minimum absolute atomic E-state index is 0.383. The number of benzene rings is 1. The van der Waals surface area contributed by atoms with Crippen molar-refractivity contribution in [3.05, 3.63) is 35.9 Å². The van der Waals surface area contributed by atoms with Crippen LogP contribution in [0.25, 0.3) is 0 Å². The van der Waals surface area contributed by atoms with E-state index in [9.17, 15) is 5.11 Å². The summed E-state index contributed by atoms with van der Waals surface area (Å²) in [5, 5.41) is 9.63. The summed E-state index contributed by atoms with van der Waals surface area (Å²) in [7, 11) is 0. The van der Waals surface area contributed by atoms with Crippen molar-refractivity contribution in [1.82, 2.24) is 0 Å². The third kappa shape index (κ3) is 1.80. The van der Waals surface area contributed by atoms with Gasteiger partial charge in [-0.25, -0.2) is 0 Å². The molecule has 1 N–H and O–H groups in total. The number of hydrogen-bond donors (Lipinski definition) is 1. The summed E-state index contributed by atoms with van der Waals surface area (Å²) in [6.45, 7) is 3.58. The van der Waals surface area contributed by atoms with Gasteiger partial charge in [0.25, 0.3) is 0 Å². The van der Waals surface area contributed by atoms with Crippen LogP contribution in [-0.4, -0.2) is 17.2 Å². The van der Waals surface area contributed by atoms with E-state index in [4.69, 9.17) is 9.47 Å². The van der Waals surface area contributed by atoms with E-state index in [0.717, 1.165) is 5.56 Å². The molecular weight excluding hydrogens is 180 g/mol. The van der Waals surface area contributed by atoms with Gasteiger partial charge in [0.15, 0.2) is 12.1 Å². The summed E-state index contributed by atoms with van der Waals surface area (Å²) in [4.78, 5) is 0. The molecule has 1 aliphatic heterocycles. The van der Waals surface area contributed by atoms with Crippen LogP contribution in [0.3, 0.4) is 0 Å². The zero-order chi connectivity index (χ0) is 10.2. The third-order valence-corrected chi connectivity index (χ3v) is 2.20. The molecule has 0 amide bonds. The summed E-state index contributed by atoms with van der Waals surface area (Å²) >= 11 is 0. The number of aliphatic hydroxyl groups is 1. The van der Waals surface area contributed by atoms with Crippen molar-refractivity contribution < 1.29 is 14.6 Å². The van der Waals surface area contributed by atoms with Crippen molar-refractivity contribution >= 4 is 0 Å². The minimum Gasteiger partial charge on any atom is -0.365 e. The average Bonchev–Trinajstić information content (AvgIpc) is 2.41. The number of rotatable bonds is 1. The average molecular weight is 194 g/mol. The summed E-state index contributed by atoms with van der Waals surface area (Å²) < 4.78 is 10.8.